The lowest BCUT2D eigenvalue weighted by Crippen LogP contribution is -2.26. The van der Waals surface area contributed by atoms with Gasteiger partial charge >= 0.3 is 0 Å². The maximum atomic E-state index is 6.03. The van der Waals surface area contributed by atoms with Crippen LogP contribution in [0, 0.1) is 13.8 Å². The highest BCUT2D eigenvalue weighted by atomic mass is 35.5. The minimum atomic E-state index is 0.157. The molecule has 0 radical (unpaired) electrons. The fourth-order valence-corrected chi connectivity index (χ4v) is 1.51. The third-order valence-electron chi connectivity index (χ3n) is 2.50. The third-order valence-corrected chi connectivity index (χ3v) is 4.01. The summed E-state index contributed by atoms with van der Waals surface area (Å²) in [5.41, 5.74) is 1.79. The van der Waals surface area contributed by atoms with Crippen molar-refractivity contribution in [2.75, 3.05) is 18.1 Å². The predicted molar refractivity (Wildman–Crippen MR) is 72.6 cm³/mol. The average molecular weight is 260 g/mol. The second-order valence-corrected chi connectivity index (χ2v) is 6.22. The first-order valence-corrected chi connectivity index (χ1v) is 6.76. The van der Waals surface area contributed by atoms with Gasteiger partial charge < -0.3 is 5.32 Å². The number of thioether (sulfide) groups is 1. The molecule has 5 heteroatoms. The molecule has 0 spiro atoms. The van der Waals surface area contributed by atoms with Crippen molar-refractivity contribution in [3.05, 3.63) is 16.5 Å². The van der Waals surface area contributed by atoms with Crippen molar-refractivity contribution in [2.45, 2.75) is 32.4 Å². The molecule has 0 aliphatic rings. The normalized spacial score (nSPS) is 11.6. The summed E-state index contributed by atoms with van der Waals surface area (Å²) in [6, 6.07) is 0. The first kappa shape index (κ1) is 13.6. The highest BCUT2D eigenvalue weighted by Crippen LogP contribution is 2.24. The molecule has 1 heterocycles. The largest absolute Gasteiger partial charge is 0.366 e. The Morgan fingerprint density at radius 1 is 1.25 bits per heavy atom. The standard InChI is InChI=1S/C11H18ClN3S/c1-7-8(2)15-10(9(12)14-7)13-6-11(3,4)16-5/h6H2,1-5H3,(H,13,15). The van der Waals surface area contributed by atoms with Crippen molar-refractivity contribution in [1.82, 2.24) is 9.97 Å². The van der Waals surface area contributed by atoms with Crippen LogP contribution in [0.2, 0.25) is 5.15 Å². The lowest BCUT2D eigenvalue weighted by molar-refractivity contribution is 0.749. The van der Waals surface area contributed by atoms with E-state index < -0.39 is 0 Å². The first-order valence-electron chi connectivity index (χ1n) is 5.15. The predicted octanol–water partition coefficient (Wildman–Crippen LogP) is 3.30. The minimum Gasteiger partial charge on any atom is -0.366 e. The summed E-state index contributed by atoms with van der Waals surface area (Å²) in [6.45, 7) is 9.00. The van der Waals surface area contributed by atoms with Crippen LogP contribution in [0.25, 0.3) is 0 Å². The molecule has 0 saturated carbocycles. The van der Waals surface area contributed by atoms with Crippen LogP contribution in [-0.4, -0.2) is 27.5 Å². The summed E-state index contributed by atoms with van der Waals surface area (Å²) >= 11 is 7.84. The number of aryl methyl sites for hydroxylation is 2. The van der Waals surface area contributed by atoms with Crippen LogP contribution in [0.15, 0.2) is 0 Å². The van der Waals surface area contributed by atoms with Gasteiger partial charge in [0, 0.05) is 11.3 Å². The van der Waals surface area contributed by atoms with E-state index in [2.05, 4.69) is 35.4 Å². The Morgan fingerprint density at radius 2 is 1.81 bits per heavy atom. The Hall–Kier alpha value is -0.480. The summed E-state index contributed by atoms with van der Waals surface area (Å²) in [7, 11) is 0. The smallest absolute Gasteiger partial charge is 0.171 e. The number of rotatable bonds is 4. The molecule has 0 aliphatic heterocycles. The van der Waals surface area contributed by atoms with Crippen LogP contribution >= 0.6 is 23.4 Å². The number of halogens is 1. The first-order chi connectivity index (χ1) is 7.35. The van der Waals surface area contributed by atoms with Crippen molar-refractivity contribution < 1.29 is 0 Å². The van der Waals surface area contributed by atoms with Gasteiger partial charge in [0.2, 0.25) is 0 Å². The zero-order valence-electron chi connectivity index (χ0n) is 10.4. The Kier molecular flexibility index (Phi) is 4.44. The van der Waals surface area contributed by atoms with Gasteiger partial charge in [-0.1, -0.05) is 11.6 Å². The highest BCUT2D eigenvalue weighted by molar-refractivity contribution is 7.99. The molecule has 1 aromatic rings. The number of hydrogen-bond donors (Lipinski definition) is 1. The van der Waals surface area contributed by atoms with E-state index in [-0.39, 0.29) is 4.75 Å². The summed E-state index contributed by atoms with van der Waals surface area (Å²) in [5.74, 6) is 0.673. The monoisotopic (exact) mass is 259 g/mol. The van der Waals surface area contributed by atoms with E-state index in [1.807, 2.05) is 13.8 Å². The fraction of sp³-hybridized carbons (Fsp3) is 0.636. The van der Waals surface area contributed by atoms with Gasteiger partial charge in [0.05, 0.1) is 11.4 Å². The Bertz CT molecular complexity index is 380. The molecule has 1 N–H and O–H groups in total. The third kappa shape index (κ3) is 3.52. The number of nitrogens with one attached hydrogen (secondary N) is 1. The molecule has 0 aromatic carbocycles. The number of hydrogen-bond acceptors (Lipinski definition) is 4. The minimum absolute atomic E-state index is 0.157. The van der Waals surface area contributed by atoms with Crippen molar-refractivity contribution in [2.24, 2.45) is 0 Å². The number of nitrogens with zero attached hydrogens (tertiary/aromatic N) is 2. The van der Waals surface area contributed by atoms with Crippen LogP contribution in [0.1, 0.15) is 25.2 Å². The van der Waals surface area contributed by atoms with E-state index in [4.69, 9.17) is 11.6 Å². The van der Waals surface area contributed by atoms with Gasteiger partial charge in [-0.15, -0.1) is 0 Å². The van der Waals surface area contributed by atoms with Crippen LogP contribution < -0.4 is 5.32 Å². The average Bonchev–Trinajstić information content (AvgIpc) is 2.22. The van der Waals surface area contributed by atoms with Gasteiger partial charge in [-0.3, -0.25) is 0 Å². The van der Waals surface area contributed by atoms with E-state index in [1.165, 1.54) is 0 Å². The molecular weight excluding hydrogens is 242 g/mol. The molecule has 16 heavy (non-hydrogen) atoms. The summed E-state index contributed by atoms with van der Waals surface area (Å²) in [6.07, 6.45) is 2.09. The lowest BCUT2D eigenvalue weighted by atomic mass is 10.2. The van der Waals surface area contributed by atoms with Gasteiger partial charge in [0.25, 0.3) is 0 Å². The van der Waals surface area contributed by atoms with Crippen molar-refractivity contribution in [3.63, 3.8) is 0 Å². The molecule has 0 saturated heterocycles. The maximum Gasteiger partial charge on any atom is 0.171 e. The SMILES string of the molecule is CSC(C)(C)CNc1nc(C)c(C)nc1Cl. The van der Waals surface area contributed by atoms with Gasteiger partial charge in [-0.05, 0) is 34.0 Å². The summed E-state index contributed by atoms with van der Waals surface area (Å²) in [5, 5.41) is 3.69. The van der Waals surface area contributed by atoms with Crippen molar-refractivity contribution in [1.29, 1.82) is 0 Å². The molecular formula is C11H18ClN3S. The quantitative estimate of drug-likeness (QED) is 0.900. The van der Waals surface area contributed by atoms with E-state index in [1.54, 1.807) is 11.8 Å². The van der Waals surface area contributed by atoms with E-state index in [9.17, 15) is 0 Å². The molecule has 3 nitrogen and oxygen atoms in total. The fourth-order valence-electron chi connectivity index (χ4n) is 1.06. The second kappa shape index (κ2) is 5.23. The molecule has 0 fully saturated rings. The van der Waals surface area contributed by atoms with Crippen LogP contribution in [0.3, 0.4) is 0 Å². The molecule has 0 atom stereocenters. The van der Waals surface area contributed by atoms with E-state index >= 15 is 0 Å². The Labute approximate surface area is 106 Å². The zero-order chi connectivity index (χ0) is 12.3. The Balaban J connectivity index is 2.79. The van der Waals surface area contributed by atoms with Crippen LogP contribution in [-0.2, 0) is 0 Å². The topological polar surface area (TPSA) is 37.8 Å². The molecule has 0 bridgehead atoms. The zero-order valence-corrected chi connectivity index (χ0v) is 12.0. The van der Waals surface area contributed by atoms with Gasteiger partial charge in [-0.2, -0.15) is 11.8 Å². The lowest BCUT2D eigenvalue weighted by Gasteiger charge is -2.22. The molecule has 90 valence electrons. The van der Waals surface area contributed by atoms with Gasteiger partial charge in [0.15, 0.2) is 11.0 Å². The molecule has 0 amide bonds. The van der Waals surface area contributed by atoms with Crippen LogP contribution in [0.4, 0.5) is 5.82 Å². The molecule has 1 aromatic heterocycles. The maximum absolute atomic E-state index is 6.03. The highest BCUT2D eigenvalue weighted by Gasteiger charge is 2.17. The van der Waals surface area contributed by atoms with Gasteiger partial charge in [-0.25, -0.2) is 9.97 Å². The molecule has 0 unspecified atom stereocenters. The second-order valence-electron chi connectivity index (χ2n) is 4.35. The van der Waals surface area contributed by atoms with E-state index in [0.29, 0.717) is 11.0 Å². The summed E-state index contributed by atoms with van der Waals surface area (Å²) in [4.78, 5) is 8.63. The van der Waals surface area contributed by atoms with Crippen LogP contribution in [0.5, 0.6) is 0 Å². The molecule has 1 rings (SSSR count). The Morgan fingerprint density at radius 3 is 2.38 bits per heavy atom. The van der Waals surface area contributed by atoms with Crippen molar-refractivity contribution in [3.8, 4) is 0 Å². The molecule has 0 aliphatic carbocycles. The number of aromatic nitrogens is 2. The van der Waals surface area contributed by atoms with Gasteiger partial charge in [0.1, 0.15) is 0 Å². The van der Waals surface area contributed by atoms with Crippen molar-refractivity contribution >= 4 is 29.2 Å². The van der Waals surface area contributed by atoms with E-state index in [0.717, 1.165) is 17.9 Å². The summed E-state index contributed by atoms with van der Waals surface area (Å²) < 4.78 is 0.157. The number of anilines is 1.